The van der Waals surface area contributed by atoms with Gasteiger partial charge in [0.05, 0.1) is 25.2 Å². The topological polar surface area (TPSA) is 80.1 Å². The number of hydrogen-bond acceptors (Lipinski definition) is 6. The summed E-state index contributed by atoms with van der Waals surface area (Å²) in [6.07, 6.45) is 3.93. The van der Waals surface area contributed by atoms with Gasteiger partial charge in [0.25, 0.3) is 0 Å². The summed E-state index contributed by atoms with van der Waals surface area (Å²) in [7, 11) is 1.60. The smallest absolute Gasteiger partial charge is 0.311 e. The number of hydrogen-bond donors (Lipinski definition) is 0. The Hall–Kier alpha value is -3.06. The van der Waals surface area contributed by atoms with Crippen molar-refractivity contribution < 1.29 is 23.9 Å². The molecule has 0 aliphatic carbocycles. The zero-order valence-corrected chi connectivity index (χ0v) is 16.3. The predicted molar refractivity (Wildman–Crippen MR) is 107 cm³/mol. The van der Waals surface area contributed by atoms with Crippen LogP contribution in [0.15, 0.2) is 42.5 Å². The summed E-state index contributed by atoms with van der Waals surface area (Å²) < 4.78 is 21.9. The minimum Gasteiger partial charge on any atom is -0.493 e. The average molecular weight is 387 g/mol. The molecule has 0 atom stereocenters. The molecule has 0 aromatic heterocycles. The maximum Gasteiger partial charge on any atom is 0.311 e. The van der Waals surface area contributed by atoms with E-state index in [1.54, 1.807) is 26.2 Å². The van der Waals surface area contributed by atoms with E-state index in [0.717, 1.165) is 11.1 Å². The van der Waals surface area contributed by atoms with E-state index in [4.69, 9.17) is 18.9 Å². The Kier molecular flexibility index (Phi) is 8.30. The number of nitro groups is 1. The van der Waals surface area contributed by atoms with Gasteiger partial charge in [-0.3, -0.25) is 10.1 Å². The Bertz CT molecular complexity index is 819. The van der Waals surface area contributed by atoms with Gasteiger partial charge in [0.1, 0.15) is 13.2 Å². The first-order valence-corrected chi connectivity index (χ1v) is 8.94. The zero-order valence-electron chi connectivity index (χ0n) is 16.3. The van der Waals surface area contributed by atoms with Gasteiger partial charge in [-0.25, -0.2) is 0 Å². The van der Waals surface area contributed by atoms with Crippen LogP contribution in [-0.4, -0.2) is 38.5 Å². The van der Waals surface area contributed by atoms with Gasteiger partial charge in [-0.15, -0.1) is 0 Å². The maximum absolute atomic E-state index is 11.1. The van der Waals surface area contributed by atoms with Gasteiger partial charge in [-0.2, -0.15) is 0 Å². The van der Waals surface area contributed by atoms with Crippen molar-refractivity contribution in [2.75, 3.05) is 33.5 Å². The lowest BCUT2D eigenvalue weighted by Crippen LogP contribution is -2.12. The molecule has 0 aliphatic rings. The van der Waals surface area contributed by atoms with E-state index in [-0.39, 0.29) is 18.0 Å². The van der Waals surface area contributed by atoms with Crippen LogP contribution in [0.2, 0.25) is 0 Å². The molecule has 0 aliphatic heterocycles. The molecule has 0 saturated carbocycles. The minimum absolute atomic E-state index is 0.0446. The first-order chi connectivity index (χ1) is 13.5. The maximum atomic E-state index is 11.1. The van der Waals surface area contributed by atoms with E-state index in [1.165, 1.54) is 6.07 Å². The molecule has 0 fully saturated rings. The molecule has 28 heavy (non-hydrogen) atoms. The van der Waals surface area contributed by atoms with Crippen molar-refractivity contribution in [1.29, 1.82) is 0 Å². The van der Waals surface area contributed by atoms with Crippen LogP contribution >= 0.6 is 0 Å². The molecule has 0 radical (unpaired) electrons. The largest absolute Gasteiger partial charge is 0.493 e. The molecule has 0 saturated heterocycles. The van der Waals surface area contributed by atoms with Crippen LogP contribution in [0.5, 0.6) is 17.2 Å². The summed E-state index contributed by atoms with van der Waals surface area (Å²) in [5.74, 6) is 1.54. The molecule has 7 nitrogen and oxygen atoms in total. The third kappa shape index (κ3) is 6.28. The molecule has 0 spiro atoms. The Morgan fingerprint density at radius 1 is 0.964 bits per heavy atom. The lowest BCUT2D eigenvalue weighted by atomic mass is 10.2. The summed E-state index contributed by atoms with van der Waals surface area (Å²) in [5.41, 5.74) is 1.80. The number of nitro benzene ring substituents is 1. The third-order valence-electron chi connectivity index (χ3n) is 3.83. The number of aryl methyl sites for hydroxylation is 1. The highest BCUT2D eigenvalue weighted by Crippen LogP contribution is 2.29. The predicted octanol–water partition coefficient (Wildman–Crippen LogP) is 4.42. The summed E-state index contributed by atoms with van der Waals surface area (Å²) in [6.45, 7) is 4.97. The van der Waals surface area contributed by atoms with E-state index < -0.39 is 4.92 Å². The lowest BCUT2D eigenvalue weighted by molar-refractivity contribution is -0.385. The van der Waals surface area contributed by atoms with Crippen LogP contribution in [-0.2, 0) is 4.74 Å². The Balaban J connectivity index is 1.72. The monoisotopic (exact) mass is 387 g/mol. The normalized spacial score (nSPS) is 10.8. The van der Waals surface area contributed by atoms with Gasteiger partial charge in [0.15, 0.2) is 17.2 Å². The number of ether oxygens (including phenoxy) is 4. The molecule has 0 unspecified atom stereocenters. The highest BCUT2D eigenvalue weighted by atomic mass is 16.6. The highest BCUT2D eigenvalue weighted by molar-refractivity contribution is 5.55. The second-order valence-corrected chi connectivity index (χ2v) is 5.95. The number of methoxy groups -OCH3 is 1. The first kappa shape index (κ1) is 21.2. The van der Waals surface area contributed by atoms with Crippen molar-refractivity contribution >= 4 is 11.8 Å². The number of nitrogens with zero attached hydrogens (tertiary/aromatic N) is 1. The molecule has 2 aromatic rings. The quantitative estimate of drug-likeness (QED) is 0.323. The minimum atomic E-state index is -0.452. The second-order valence-electron chi connectivity index (χ2n) is 5.95. The van der Waals surface area contributed by atoms with Gasteiger partial charge in [0, 0.05) is 6.07 Å². The molecule has 150 valence electrons. The molecular weight excluding hydrogens is 362 g/mol. The van der Waals surface area contributed by atoms with Crippen molar-refractivity contribution in [3.8, 4) is 17.2 Å². The Morgan fingerprint density at radius 3 is 2.29 bits per heavy atom. The molecule has 7 heteroatoms. The number of allylic oxidation sites excluding steroid dienone is 1. The number of rotatable bonds is 11. The van der Waals surface area contributed by atoms with Gasteiger partial charge in [-0.1, -0.05) is 24.3 Å². The molecule has 2 aromatic carbocycles. The first-order valence-electron chi connectivity index (χ1n) is 8.94. The van der Waals surface area contributed by atoms with Crippen LogP contribution in [0.25, 0.3) is 6.08 Å². The summed E-state index contributed by atoms with van der Waals surface area (Å²) in [6, 6.07) is 10.6. The molecule has 2 rings (SSSR count). The number of benzene rings is 2. The van der Waals surface area contributed by atoms with Crippen molar-refractivity contribution in [3.05, 3.63) is 63.7 Å². The van der Waals surface area contributed by atoms with Gasteiger partial charge < -0.3 is 18.9 Å². The Labute approximate surface area is 164 Å². The fourth-order valence-electron chi connectivity index (χ4n) is 2.51. The van der Waals surface area contributed by atoms with Gasteiger partial charge in [-0.05, 0) is 43.2 Å². The van der Waals surface area contributed by atoms with Crippen molar-refractivity contribution in [1.82, 2.24) is 0 Å². The lowest BCUT2D eigenvalue weighted by Gasteiger charge is -2.12. The average Bonchev–Trinajstić information content (AvgIpc) is 2.69. The van der Waals surface area contributed by atoms with Crippen LogP contribution < -0.4 is 14.2 Å². The van der Waals surface area contributed by atoms with Gasteiger partial charge in [0.2, 0.25) is 0 Å². The Morgan fingerprint density at radius 2 is 1.64 bits per heavy atom. The molecule has 0 heterocycles. The van der Waals surface area contributed by atoms with E-state index >= 15 is 0 Å². The molecular formula is C21H25NO6. The molecule has 0 amide bonds. The second kappa shape index (κ2) is 10.9. The highest BCUT2D eigenvalue weighted by Gasteiger charge is 2.14. The van der Waals surface area contributed by atoms with E-state index in [0.29, 0.717) is 31.3 Å². The van der Waals surface area contributed by atoms with Crippen LogP contribution in [0.1, 0.15) is 18.1 Å². The third-order valence-corrected chi connectivity index (χ3v) is 3.83. The van der Waals surface area contributed by atoms with Gasteiger partial charge >= 0.3 is 5.69 Å². The van der Waals surface area contributed by atoms with Crippen LogP contribution in [0.3, 0.4) is 0 Å². The van der Waals surface area contributed by atoms with E-state index in [2.05, 4.69) is 0 Å². The summed E-state index contributed by atoms with van der Waals surface area (Å²) >= 11 is 0. The fourth-order valence-corrected chi connectivity index (χ4v) is 2.51. The molecule has 0 bridgehead atoms. The van der Waals surface area contributed by atoms with Crippen LogP contribution in [0.4, 0.5) is 5.69 Å². The van der Waals surface area contributed by atoms with E-state index in [1.807, 2.05) is 37.3 Å². The van der Waals surface area contributed by atoms with Crippen molar-refractivity contribution in [2.24, 2.45) is 0 Å². The zero-order chi connectivity index (χ0) is 20.4. The summed E-state index contributed by atoms with van der Waals surface area (Å²) in [4.78, 5) is 10.6. The van der Waals surface area contributed by atoms with Crippen molar-refractivity contribution in [3.63, 3.8) is 0 Å². The fraction of sp³-hybridized carbons (Fsp3) is 0.333. The van der Waals surface area contributed by atoms with Crippen molar-refractivity contribution in [2.45, 2.75) is 13.8 Å². The molecule has 0 N–H and O–H groups in total. The van der Waals surface area contributed by atoms with Crippen LogP contribution in [0, 0.1) is 17.0 Å². The standard InChI is InChI=1S/C21H25NO6/c1-4-5-17-7-9-20(21(15-17)25-3)28-13-11-26-10-12-27-19-8-6-16(2)14-18(19)22(23)24/h4-9,14-15H,10-13H2,1-3H3/b5-4+. The van der Waals surface area contributed by atoms with E-state index in [9.17, 15) is 10.1 Å². The SMILES string of the molecule is C/C=C/c1ccc(OCCOCCOc2ccc(C)cc2[N+](=O)[O-])c(OC)c1. The summed E-state index contributed by atoms with van der Waals surface area (Å²) in [5, 5.41) is 11.1.